The molecule has 6 heterocycles. The van der Waals surface area contributed by atoms with E-state index >= 15 is 0 Å². The van der Waals surface area contributed by atoms with Crippen LogP contribution in [0.5, 0.6) is 11.5 Å². The standard InChI is InChI=1S/C55H59ClFN7O8/c1-5-6-25-71-54(69)51-38(12-9-26-70-44-13-7-10-35-27-36(57)15-16-37(35)44)39-17-18-42(56)49(48-33(2)59-60(4)34(48)3)50(39)63(51)24-23-61-30-55(31-61)21-22-62(32-55)47(66)29-72-45-14-8-11-40-41(45)28-64(53(40)68)43-19-20-46(65)58-52(43)67/h7-8,10-11,13-18,27,43H,5-6,9,12,19-26,28-32H2,1-4H3,(H,58,65,67). The fourth-order valence-electron chi connectivity index (χ4n) is 11.4. The van der Waals surface area contributed by atoms with Crippen LogP contribution < -0.4 is 14.8 Å². The molecule has 0 aliphatic carbocycles. The van der Waals surface area contributed by atoms with Crippen molar-refractivity contribution >= 4 is 62.9 Å². The third-order valence-electron chi connectivity index (χ3n) is 15.0. The normalized spacial score (nSPS) is 17.5. The predicted molar refractivity (Wildman–Crippen MR) is 270 cm³/mol. The number of halogens is 2. The molecule has 10 rings (SSSR count). The number of nitrogens with one attached hydrogen (secondary N) is 1. The van der Waals surface area contributed by atoms with Crippen LogP contribution in [0.15, 0.2) is 66.7 Å². The van der Waals surface area contributed by atoms with Crippen LogP contribution in [-0.4, -0.2) is 117 Å². The topological polar surface area (TPSA) is 158 Å². The molecule has 3 saturated heterocycles. The number of rotatable bonds is 17. The van der Waals surface area contributed by atoms with Gasteiger partial charge in [-0.15, -0.1) is 0 Å². The minimum atomic E-state index is -0.750. The molecular weight excluding hydrogens is 941 g/mol. The number of fused-ring (bicyclic) bond motifs is 3. The van der Waals surface area contributed by atoms with Crippen LogP contribution in [0.2, 0.25) is 5.02 Å². The Morgan fingerprint density at radius 1 is 0.917 bits per heavy atom. The third kappa shape index (κ3) is 9.19. The number of hydrogen-bond donors (Lipinski definition) is 1. The highest BCUT2D eigenvalue weighted by atomic mass is 35.5. The van der Waals surface area contributed by atoms with Crippen LogP contribution in [0.3, 0.4) is 0 Å². The maximum Gasteiger partial charge on any atom is 0.355 e. The molecule has 1 atom stereocenters. The molecular formula is C55H59ClFN7O8. The smallest absolute Gasteiger partial charge is 0.355 e. The van der Waals surface area contributed by atoms with Crippen molar-refractivity contribution in [3.05, 3.63) is 111 Å². The van der Waals surface area contributed by atoms with E-state index < -0.39 is 11.9 Å². The van der Waals surface area contributed by atoms with Crippen molar-refractivity contribution < 1.29 is 42.6 Å². The summed E-state index contributed by atoms with van der Waals surface area (Å²) < 4.78 is 36.5. The fourth-order valence-corrected chi connectivity index (χ4v) is 11.6. The lowest BCUT2D eigenvalue weighted by Crippen LogP contribution is -2.58. The average molecular weight is 1000 g/mol. The SMILES string of the molecule is CCCCOC(=O)c1c(CCCOc2cccc3cc(F)ccc23)c2ccc(Cl)c(-c3c(C)nn(C)c3C)c2n1CCN1CC2(CCN(C(=O)COc3cccc4c3CN(C3CCC(=O)NC3=O)C4=O)C2)C1. The van der Waals surface area contributed by atoms with Gasteiger partial charge >= 0.3 is 5.97 Å². The maximum absolute atomic E-state index is 14.5. The second kappa shape index (κ2) is 20.0. The number of aromatic nitrogens is 3. The average Bonchev–Trinajstić information content (AvgIpc) is 4.09. The highest BCUT2D eigenvalue weighted by molar-refractivity contribution is 6.35. The number of hydrogen-bond acceptors (Lipinski definition) is 10. The van der Waals surface area contributed by atoms with E-state index in [4.69, 9.17) is 30.9 Å². The second-order valence-corrected chi connectivity index (χ2v) is 20.2. The molecule has 4 aliphatic heterocycles. The summed E-state index contributed by atoms with van der Waals surface area (Å²) in [5, 5.41) is 10.1. The molecule has 4 amide bonds. The molecule has 4 aliphatic rings. The van der Waals surface area contributed by atoms with Crippen molar-refractivity contribution in [2.24, 2.45) is 12.5 Å². The zero-order valence-corrected chi connectivity index (χ0v) is 41.9. The van der Waals surface area contributed by atoms with Crippen molar-refractivity contribution in [2.45, 2.75) is 84.8 Å². The predicted octanol–water partition coefficient (Wildman–Crippen LogP) is 7.95. The summed E-state index contributed by atoms with van der Waals surface area (Å²) in [5.41, 5.74) is 6.67. The Morgan fingerprint density at radius 3 is 2.49 bits per heavy atom. The van der Waals surface area contributed by atoms with Crippen molar-refractivity contribution in [1.82, 2.24) is 34.4 Å². The van der Waals surface area contributed by atoms with E-state index in [9.17, 15) is 28.4 Å². The molecule has 1 unspecified atom stereocenters. The van der Waals surface area contributed by atoms with Gasteiger partial charge in [0, 0.05) is 96.9 Å². The van der Waals surface area contributed by atoms with Crippen molar-refractivity contribution in [3.63, 3.8) is 0 Å². The van der Waals surface area contributed by atoms with E-state index in [-0.39, 0.29) is 60.9 Å². The van der Waals surface area contributed by atoms with Crippen LogP contribution in [0.1, 0.15) is 88.8 Å². The summed E-state index contributed by atoms with van der Waals surface area (Å²) >= 11 is 7.21. The zero-order chi connectivity index (χ0) is 50.4. The van der Waals surface area contributed by atoms with Crippen molar-refractivity contribution in [2.75, 3.05) is 52.5 Å². The Morgan fingerprint density at radius 2 is 1.71 bits per heavy atom. The molecule has 0 radical (unpaired) electrons. The van der Waals surface area contributed by atoms with Crippen LogP contribution in [0.25, 0.3) is 32.8 Å². The lowest BCUT2D eigenvalue weighted by molar-refractivity contribution is -0.137. The minimum Gasteiger partial charge on any atom is -0.493 e. The molecule has 3 fully saturated rings. The van der Waals surface area contributed by atoms with Crippen LogP contribution in [0.4, 0.5) is 4.39 Å². The maximum atomic E-state index is 14.5. The molecule has 15 nitrogen and oxygen atoms in total. The first-order valence-corrected chi connectivity index (χ1v) is 25.3. The van der Waals surface area contributed by atoms with E-state index in [0.717, 1.165) is 82.1 Å². The Hall–Kier alpha value is -6.78. The first kappa shape index (κ1) is 48.8. The quantitative estimate of drug-likeness (QED) is 0.0541. The first-order chi connectivity index (χ1) is 34.7. The van der Waals surface area contributed by atoms with Crippen molar-refractivity contribution in [3.8, 4) is 22.6 Å². The molecule has 1 N–H and O–H groups in total. The van der Waals surface area contributed by atoms with Gasteiger partial charge < -0.3 is 33.5 Å². The van der Waals surface area contributed by atoms with Gasteiger partial charge in [-0.2, -0.15) is 5.10 Å². The number of unbranched alkanes of at least 4 members (excludes halogenated alkanes) is 1. The summed E-state index contributed by atoms with van der Waals surface area (Å²) in [6.45, 7) is 10.5. The van der Waals surface area contributed by atoms with Gasteiger partial charge in [0.2, 0.25) is 11.8 Å². The lowest BCUT2D eigenvalue weighted by atomic mass is 9.79. The van der Waals surface area contributed by atoms with Gasteiger partial charge in [0.05, 0.1) is 36.0 Å². The number of likely N-dealkylation sites (tertiary alicyclic amines) is 2. The van der Waals surface area contributed by atoms with Gasteiger partial charge in [-0.3, -0.25) is 29.2 Å². The largest absolute Gasteiger partial charge is 0.493 e. The third-order valence-corrected chi connectivity index (χ3v) is 15.3. The van der Waals surface area contributed by atoms with Gasteiger partial charge in [-0.05, 0) is 99.4 Å². The van der Waals surface area contributed by atoms with E-state index in [1.807, 2.05) is 60.8 Å². The van der Waals surface area contributed by atoms with Crippen LogP contribution >= 0.6 is 11.6 Å². The monoisotopic (exact) mass is 999 g/mol. The summed E-state index contributed by atoms with van der Waals surface area (Å²) in [4.78, 5) is 71.7. The number of amides is 4. The van der Waals surface area contributed by atoms with E-state index in [1.165, 1.54) is 17.0 Å². The zero-order valence-electron chi connectivity index (χ0n) is 41.2. The van der Waals surface area contributed by atoms with Gasteiger partial charge in [0.15, 0.2) is 6.61 Å². The van der Waals surface area contributed by atoms with Gasteiger partial charge in [0.1, 0.15) is 29.1 Å². The highest BCUT2D eigenvalue weighted by Gasteiger charge is 2.48. The fraction of sp³-hybridized carbons (Fsp3) is 0.418. The lowest BCUT2D eigenvalue weighted by Gasteiger charge is -2.48. The number of esters is 1. The molecule has 6 aromatic rings. The molecule has 1 spiro atoms. The Labute approximate surface area is 422 Å². The molecule has 0 saturated carbocycles. The summed E-state index contributed by atoms with van der Waals surface area (Å²) in [6, 6.07) is 18.5. The number of aryl methyl sites for hydroxylation is 3. The molecule has 4 aromatic carbocycles. The van der Waals surface area contributed by atoms with E-state index in [2.05, 4.69) is 21.7 Å². The Bertz CT molecular complexity index is 3160. The number of piperidine rings is 1. The highest BCUT2D eigenvalue weighted by Crippen LogP contribution is 2.44. The Balaban J connectivity index is 0.854. The number of imide groups is 1. The summed E-state index contributed by atoms with van der Waals surface area (Å²) in [7, 11) is 1.91. The first-order valence-electron chi connectivity index (χ1n) is 25.0. The van der Waals surface area contributed by atoms with Crippen LogP contribution in [-0.2, 0) is 45.7 Å². The van der Waals surface area contributed by atoms with Crippen molar-refractivity contribution in [1.29, 1.82) is 0 Å². The summed E-state index contributed by atoms with van der Waals surface area (Å²) in [6.07, 6.45) is 3.96. The minimum absolute atomic E-state index is 0.0823. The molecule has 0 bridgehead atoms. The number of ether oxygens (including phenoxy) is 3. The number of carbonyl (C=O) groups excluding carboxylic acids is 5. The molecule has 376 valence electrons. The molecule has 17 heteroatoms. The number of carbonyl (C=O) groups is 5. The summed E-state index contributed by atoms with van der Waals surface area (Å²) in [5.74, 6) is -0.891. The second-order valence-electron chi connectivity index (χ2n) is 19.8. The molecule has 72 heavy (non-hydrogen) atoms. The van der Waals surface area contributed by atoms with Gasteiger partial charge in [-0.1, -0.05) is 49.2 Å². The van der Waals surface area contributed by atoms with E-state index in [1.54, 1.807) is 24.3 Å². The van der Waals surface area contributed by atoms with E-state index in [0.29, 0.717) is 85.6 Å². The number of benzene rings is 4. The molecule has 2 aromatic heterocycles. The van der Waals surface area contributed by atoms with Gasteiger partial charge in [0.25, 0.3) is 11.8 Å². The Kier molecular flexibility index (Phi) is 13.6. The van der Waals surface area contributed by atoms with Crippen LogP contribution in [0, 0.1) is 25.1 Å². The number of nitrogens with zero attached hydrogens (tertiary/aromatic N) is 6. The van der Waals surface area contributed by atoms with Gasteiger partial charge in [-0.25, -0.2) is 9.18 Å².